The van der Waals surface area contributed by atoms with Crippen LogP contribution >= 0.6 is 0 Å². The molecule has 4 aromatic rings. The van der Waals surface area contributed by atoms with E-state index in [-0.39, 0.29) is 51.7 Å². The van der Waals surface area contributed by atoms with Crippen molar-refractivity contribution >= 4 is 27.5 Å². The lowest BCUT2D eigenvalue weighted by Crippen LogP contribution is -2.43. The molecule has 8 rings (SSSR count). The predicted molar refractivity (Wildman–Crippen MR) is 163 cm³/mol. The second kappa shape index (κ2) is 10.7. The number of terminal acetylenes is 1. The van der Waals surface area contributed by atoms with E-state index in [0.29, 0.717) is 38.3 Å². The maximum Gasteiger partial charge on any atom is 0.319 e. The van der Waals surface area contributed by atoms with Gasteiger partial charge in [-0.05, 0) is 55.7 Å². The molecular weight excluding hydrogens is 602 g/mol. The Bertz CT molecular complexity index is 1950. The van der Waals surface area contributed by atoms with Gasteiger partial charge in [0, 0.05) is 43.6 Å². The number of aromatic nitrogens is 3. The lowest BCUT2D eigenvalue weighted by molar-refractivity contribution is 0.107. The second-order valence-corrected chi connectivity index (χ2v) is 13.2. The quantitative estimate of drug-likeness (QED) is 0.231. The van der Waals surface area contributed by atoms with Crippen molar-refractivity contribution in [2.45, 2.75) is 49.9 Å². The van der Waals surface area contributed by atoms with Crippen LogP contribution in [-0.4, -0.2) is 80.7 Å². The van der Waals surface area contributed by atoms with Crippen LogP contribution in [0.5, 0.6) is 11.8 Å². The summed E-state index contributed by atoms with van der Waals surface area (Å²) in [6.07, 6.45) is 9.02. The first-order chi connectivity index (χ1) is 22.2. The summed E-state index contributed by atoms with van der Waals surface area (Å²) in [6.45, 7) is 2.25. The fourth-order valence-corrected chi connectivity index (χ4v) is 8.35. The Hall–Kier alpha value is -4.21. The molecule has 4 fully saturated rings. The first-order valence-electron chi connectivity index (χ1n) is 15.6. The molecule has 2 aromatic heterocycles. The van der Waals surface area contributed by atoms with Crippen LogP contribution in [0.25, 0.3) is 32.9 Å². The Kier molecular flexibility index (Phi) is 6.78. The molecule has 238 valence electrons. The zero-order valence-electron chi connectivity index (χ0n) is 24.8. The molecule has 3 saturated heterocycles. The minimum atomic E-state index is -1.21. The first-order valence-corrected chi connectivity index (χ1v) is 15.6. The van der Waals surface area contributed by atoms with E-state index >= 15 is 8.78 Å². The van der Waals surface area contributed by atoms with Gasteiger partial charge in [0.05, 0.1) is 28.2 Å². The number of nitrogens with zero attached hydrogens (tertiary/aromatic N) is 5. The van der Waals surface area contributed by atoms with Crippen molar-refractivity contribution in [3.8, 4) is 35.4 Å². The molecule has 3 aliphatic heterocycles. The van der Waals surface area contributed by atoms with Crippen molar-refractivity contribution in [3.63, 3.8) is 0 Å². The van der Waals surface area contributed by atoms with Crippen molar-refractivity contribution in [2.24, 2.45) is 11.8 Å². The van der Waals surface area contributed by atoms with Crippen LogP contribution in [0.15, 0.2) is 24.4 Å². The number of phenols is 1. The minimum Gasteiger partial charge on any atom is -0.505 e. The van der Waals surface area contributed by atoms with Crippen LogP contribution in [0, 0.1) is 41.6 Å². The number of halogens is 4. The van der Waals surface area contributed by atoms with E-state index in [1.54, 1.807) is 0 Å². The number of hydrogen-bond acceptors (Lipinski definition) is 8. The number of piperidine rings is 1. The number of benzene rings is 2. The van der Waals surface area contributed by atoms with Gasteiger partial charge in [-0.25, -0.2) is 17.6 Å². The van der Waals surface area contributed by atoms with E-state index in [4.69, 9.17) is 16.1 Å². The fourth-order valence-electron chi connectivity index (χ4n) is 8.35. The number of rotatable bonds is 5. The smallest absolute Gasteiger partial charge is 0.319 e. The monoisotopic (exact) mass is 633 g/mol. The van der Waals surface area contributed by atoms with Crippen molar-refractivity contribution in [1.82, 2.24) is 19.9 Å². The van der Waals surface area contributed by atoms with E-state index in [9.17, 15) is 19.0 Å². The van der Waals surface area contributed by atoms with Gasteiger partial charge in [0.25, 0.3) is 0 Å². The molecule has 2 bridgehead atoms. The van der Waals surface area contributed by atoms with Gasteiger partial charge >= 0.3 is 6.01 Å². The van der Waals surface area contributed by atoms with Crippen LogP contribution in [-0.2, 0) is 0 Å². The van der Waals surface area contributed by atoms with E-state index in [0.717, 1.165) is 37.9 Å². The molecule has 46 heavy (non-hydrogen) atoms. The number of aliphatic hydroxyl groups is 1. The van der Waals surface area contributed by atoms with Gasteiger partial charge in [0.15, 0.2) is 17.4 Å². The van der Waals surface area contributed by atoms with Crippen LogP contribution in [0.2, 0.25) is 0 Å². The zero-order chi connectivity index (χ0) is 31.9. The van der Waals surface area contributed by atoms with Gasteiger partial charge in [-0.1, -0.05) is 12.0 Å². The topological polar surface area (TPSA) is 94.8 Å². The van der Waals surface area contributed by atoms with E-state index in [1.165, 1.54) is 12.3 Å². The molecule has 0 unspecified atom stereocenters. The number of aromatic hydroxyl groups is 1. The highest BCUT2D eigenvalue weighted by molar-refractivity contribution is 6.03. The Labute approximate surface area is 262 Å². The standard InChI is InChI=1S/C34H31F4N5O3/c1-2-21-23(36)5-4-18-10-25(45)28(37)27(26(18)21)31-29(38)30-22(12-39-31)32(42-13-17-8-19(14-42)24(44)9-17)41-33(40-30)46-16-34-6-3-7-43(34)15-20(35)11-34/h1,4-5,10,12,17,19-20,24,44-45H,3,6-9,11,13-16H2/t17-,19-,20-,24-,34+/m1/s1. The van der Waals surface area contributed by atoms with Gasteiger partial charge in [-0.15, -0.1) is 6.42 Å². The number of anilines is 1. The molecule has 5 heterocycles. The Morgan fingerprint density at radius 2 is 1.96 bits per heavy atom. The number of hydrogen-bond donors (Lipinski definition) is 2. The van der Waals surface area contributed by atoms with Gasteiger partial charge in [0.2, 0.25) is 0 Å². The zero-order valence-corrected chi connectivity index (χ0v) is 24.8. The first kappa shape index (κ1) is 29.2. The molecule has 0 amide bonds. The molecule has 8 nitrogen and oxygen atoms in total. The number of phenolic OH excluding ortho intramolecular Hbond substituents is 1. The number of alkyl halides is 1. The van der Waals surface area contributed by atoms with Crippen molar-refractivity contribution in [3.05, 3.63) is 47.4 Å². The molecular formula is C34H31F4N5O3. The molecule has 2 aromatic carbocycles. The normalized spacial score (nSPS) is 27.4. The van der Waals surface area contributed by atoms with E-state index in [1.807, 2.05) is 4.90 Å². The molecule has 1 saturated carbocycles. The van der Waals surface area contributed by atoms with Crippen molar-refractivity contribution < 1.29 is 32.5 Å². The van der Waals surface area contributed by atoms with Gasteiger partial charge in [0.1, 0.15) is 35.6 Å². The summed E-state index contributed by atoms with van der Waals surface area (Å²) in [5, 5.41) is 21.3. The third-order valence-corrected chi connectivity index (χ3v) is 10.4. The number of ether oxygens (including phenoxy) is 1. The Morgan fingerprint density at radius 3 is 2.76 bits per heavy atom. The van der Waals surface area contributed by atoms with Crippen LogP contribution < -0.4 is 9.64 Å². The minimum absolute atomic E-state index is 0.0148. The summed E-state index contributed by atoms with van der Waals surface area (Å²) >= 11 is 0. The third-order valence-electron chi connectivity index (χ3n) is 10.4. The van der Waals surface area contributed by atoms with Gasteiger partial charge < -0.3 is 19.8 Å². The van der Waals surface area contributed by atoms with Crippen LogP contribution in [0.4, 0.5) is 23.4 Å². The lowest BCUT2D eigenvalue weighted by atomic mass is 9.95. The fraction of sp³-hybridized carbons (Fsp3) is 0.441. The highest BCUT2D eigenvalue weighted by Gasteiger charge is 2.49. The van der Waals surface area contributed by atoms with Crippen LogP contribution in [0.1, 0.15) is 37.7 Å². The Morgan fingerprint density at radius 1 is 1.11 bits per heavy atom. The highest BCUT2D eigenvalue weighted by Crippen LogP contribution is 2.44. The average molecular weight is 634 g/mol. The number of fused-ring (bicyclic) bond motifs is 5. The maximum atomic E-state index is 16.8. The average Bonchev–Trinajstić information content (AvgIpc) is 3.65. The molecule has 12 heteroatoms. The number of aliphatic hydroxyl groups excluding tert-OH is 1. The number of pyridine rings is 1. The summed E-state index contributed by atoms with van der Waals surface area (Å²) in [7, 11) is 0. The summed E-state index contributed by atoms with van der Waals surface area (Å²) in [5.74, 6) is -1.03. The summed E-state index contributed by atoms with van der Waals surface area (Å²) in [6, 6.07) is 3.37. The Balaban J connectivity index is 1.29. The van der Waals surface area contributed by atoms with Crippen molar-refractivity contribution in [1.29, 1.82) is 0 Å². The molecule has 0 radical (unpaired) electrons. The van der Waals surface area contributed by atoms with E-state index < -0.39 is 52.3 Å². The third kappa shape index (κ3) is 4.47. The maximum absolute atomic E-state index is 16.8. The molecule has 5 atom stereocenters. The van der Waals surface area contributed by atoms with Gasteiger partial charge in [-0.2, -0.15) is 9.97 Å². The molecule has 1 aliphatic carbocycles. The summed E-state index contributed by atoms with van der Waals surface area (Å²) in [5.41, 5.74) is -2.04. The summed E-state index contributed by atoms with van der Waals surface area (Å²) < 4.78 is 67.9. The lowest BCUT2D eigenvalue weighted by Gasteiger charge is -2.34. The van der Waals surface area contributed by atoms with Gasteiger partial charge in [-0.3, -0.25) is 9.88 Å². The highest BCUT2D eigenvalue weighted by atomic mass is 19.1. The summed E-state index contributed by atoms with van der Waals surface area (Å²) in [4.78, 5) is 17.5. The molecule has 2 N–H and O–H groups in total. The molecule has 0 spiro atoms. The SMILES string of the molecule is C#Cc1c(F)ccc2cc(O)c(F)c(-c3ncc4c(N5C[C@@H]6C[C@H](C5)[C@H](O)C6)nc(OC[C@@]56CCCN5C[C@H](F)C6)nc4c3F)c12. The molecule has 4 aliphatic rings. The van der Waals surface area contributed by atoms with E-state index in [2.05, 4.69) is 20.8 Å². The van der Waals surface area contributed by atoms with Crippen molar-refractivity contribution in [2.75, 3.05) is 37.7 Å². The predicted octanol–water partition coefficient (Wildman–Crippen LogP) is 5.11. The second-order valence-electron chi connectivity index (χ2n) is 13.2. The largest absolute Gasteiger partial charge is 0.505 e. The van der Waals surface area contributed by atoms with Crippen LogP contribution in [0.3, 0.4) is 0 Å².